The van der Waals surface area contributed by atoms with Gasteiger partial charge in [0.05, 0.1) is 17.6 Å². The molecular weight excluding hydrogens is 272 g/mol. The quantitative estimate of drug-likeness (QED) is 0.540. The molecule has 118 valence electrons. The monoisotopic (exact) mass is 296 g/mol. The van der Waals surface area contributed by atoms with Crippen LogP contribution in [0.1, 0.15) is 32.8 Å². The molecule has 1 unspecified atom stereocenters. The molecule has 1 atom stereocenters. The number of nitro groups is 1. The number of nitro benzene ring substituents is 1. The van der Waals surface area contributed by atoms with Gasteiger partial charge in [-0.1, -0.05) is 13.8 Å². The average molecular weight is 296 g/mol. The Balaban J connectivity index is 2.71. The van der Waals surface area contributed by atoms with Crippen LogP contribution in [0, 0.1) is 16.0 Å². The van der Waals surface area contributed by atoms with Crippen molar-refractivity contribution < 1.29 is 14.8 Å². The fraction of sp³-hybridized carbons (Fsp3) is 0.600. The van der Waals surface area contributed by atoms with E-state index in [1.165, 1.54) is 6.07 Å². The Labute approximate surface area is 125 Å². The van der Waals surface area contributed by atoms with Crippen LogP contribution in [0.4, 0.5) is 11.4 Å². The van der Waals surface area contributed by atoms with Gasteiger partial charge in [0.25, 0.3) is 5.69 Å². The fourth-order valence-corrected chi connectivity index (χ4v) is 2.15. The van der Waals surface area contributed by atoms with Gasteiger partial charge in [0.1, 0.15) is 5.69 Å². The first-order chi connectivity index (χ1) is 9.99. The highest BCUT2D eigenvalue weighted by Crippen LogP contribution is 2.25. The van der Waals surface area contributed by atoms with Gasteiger partial charge in [-0.3, -0.25) is 10.1 Å². The standard InChI is InChI=1S/C15H24N2O4/c1-4-21-15(11(2)3)7-8-16-13-9-12(10-18)5-6-14(13)17(19)20/h5-6,9,11,15-16,18H,4,7-8,10H2,1-3H3. The molecule has 1 rings (SSSR count). The third-order valence-electron chi connectivity index (χ3n) is 3.31. The Morgan fingerprint density at radius 3 is 2.67 bits per heavy atom. The molecule has 1 aromatic rings. The Morgan fingerprint density at radius 2 is 2.14 bits per heavy atom. The zero-order valence-corrected chi connectivity index (χ0v) is 12.8. The maximum Gasteiger partial charge on any atom is 0.292 e. The van der Waals surface area contributed by atoms with Crippen LogP contribution in [0.3, 0.4) is 0 Å². The minimum atomic E-state index is -0.425. The van der Waals surface area contributed by atoms with E-state index in [1.54, 1.807) is 12.1 Å². The molecule has 0 radical (unpaired) electrons. The summed E-state index contributed by atoms with van der Waals surface area (Å²) in [6.45, 7) is 7.24. The molecule has 6 nitrogen and oxygen atoms in total. The van der Waals surface area contributed by atoms with E-state index in [-0.39, 0.29) is 18.4 Å². The van der Waals surface area contributed by atoms with Crippen molar-refractivity contribution in [2.45, 2.75) is 39.9 Å². The number of nitrogens with zero attached hydrogens (tertiary/aromatic N) is 1. The predicted molar refractivity (Wildman–Crippen MR) is 82.4 cm³/mol. The number of benzene rings is 1. The molecule has 0 aliphatic heterocycles. The Hall–Kier alpha value is -1.66. The summed E-state index contributed by atoms with van der Waals surface area (Å²) in [4.78, 5) is 10.6. The summed E-state index contributed by atoms with van der Waals surface area (Å²) in [5.41, 5.74) is 1.10. The second kappa shape index (κ2) is 8.59. The van der Waals surface area contributed by atoms with E-state index in [1.807, 2.05) is 6.92 Å². The van der Waals surface area contributed by atoms with Crippen molar-refractivity contribution in [1.82, 2.24) is 0 Å². The largest absolute Gasteiger partial charge is 0.392 e. The summed E-state index contributed by atoms with van der Waals surface area (Å²) in [6, 6.07) is 4.58. The molecule has 2 N–H and O–H groups in total. The van der Waals surface area contributed by atoms with Crippen LogP contribution in [-0.4, -0.2) is 29.3 Å². The fourth-order valence-electron chi connectivity index (χ4n) is 2.15. The summed E-state index contributed by atoms with van der Waals surface area (Å²) >= 11 is 0. The number of rotatable bonds is 9. The van der Waals surface area contributed by atoms with Gasteiger partial charge in [-0.2, -0.15) is 0 Å². The maximum absolute atomic E-state index is 11.0. The number of hydrogen-bond donors (Lipinski definition) is 2. The summed E-state index contributed by atoms with van der Waals surface area (Å²) in [7, 11) is 0. The van der Waals surface area contributed by atoms with Crippen LogP contribution in [0.15, 0.2) is 18.2 Å². The molecule has 0 saturated heterocycles. The molecule has 0 heterocycles. The second-order valence-electron chi connectivity index (χ2n) is 5.22. The SMILES string of the molecule is CCOC(CCNc1cc(CO)ccc1[N+](=O)[O-])C(C)C. The van der Waals surface area contributed by atoms with E-state index in [9.17, 15) is 10.1 Å². The van der Waals surface area contributed by atoms with Crippen LogP contribution in [0.5, 0.6) is 0 Å². The average Bonchev–Trinajstić information content (AvgIpc) is 2.45. The highest BCUT2D eigenvalue weighted by atomic mass is 16.6. The summed E-state index contributed by atoms with van der Waals surface area (Å²) in [6.07, 6.45) is 0.897. The van der Waals surface area contributed by atoms with Crippen LogP contribution in [0.2, 0.25) is 0 Å². The third-order valence-corrected chi connectivity index (χ3v) is 3.31. The van der Waals surface area contributed by atoms with Gasteiger partial charge in [-0.25, -0.2) is 0 Å². The molecule has 0 spiro atoms. The van der Waals surface area contributed by atoms with Crippen LogP contribution >= 0.6 is 0 Å². The lowest BCUT2D eigenvalue weighted by Crippen LogP contribution is -2.23. The first-order valence-corrected chi connectivity index (χ1v) is 7.23. The van der Waals surface area contributed by atoms with Gasteiger partial charge in [-0.05, 0) is 37.0 Å². The molecule has 0 aliphatic carbocycles. The molecule has 0 aromatic heterocycles. The van der Waals surface area contributed by atoms with Gasteiger partial charge in [0.2, 0.25) is 0 Å². The first-order valence-electron chi connectivity index (χ1n) is 7.23. The molecular formula is C15H24N2O4. The first kappa shape index (κ1) is 17.4. The second-order valence-corrected chi connectivity index (χ2v) is 5.22. The van der Waals surface area contributed by atoms with E-state index >= 15 is 0 Å². The molecule has 6 heteroatoms. The Morgan fingerprint density at radius 1 is 1.43 bits per heavy atom. The van der Waals surface area contributed by atoms with Crippen molar-refractivity contribution in [3.8, 4) is 0 Å². The number of ether oxygens (including phenoxy) is 1. The van der Waals surface area contributed by atoms with E-state index in [0.717, 1.165) is 6.42 Å². The van der Waals surface area contributed by atoms with E-state index in [2.05, 4.69) is 19.2 Å². The van der Waals surface area contributed by atoms with Crippen molar-refractivity contribution in [1.29, 1.82) is 0 Å². The number of aliphatic hydroxyl groups excluding tert-OH is 1. The lowest BCUT2D eigenvalue weighted by molar-refractivity contribution is -0.384. The van der Waals surface area contributed by atoms with Gasteiger partial charge >= 0.3 is 0 Å². The number of anilines is 1. The summed E-state index contributed by atoms with van der Waals surface area (Å²) in [5.74, 6) is 0.394. The molecule has 1 aromatic carbocycles. The van der Waals surface area contributed by atoms with Crippen molar-refractivity contribution in [2.24, 2.45) is 5.92 Å². The van der Waals surface area contributed by atoms with Crippen molar-refractivity contribution in [3.05, 3.63) is 33.9 Å². The van der Waals surface area contributed by atoms with Gasteiger partial charge in [0.15, 0.2) is 0 Å². The molecule has 0 saturated carbocycles. The molecule has 0 fully saturated rings. The van der Waals surface area contributed by atoms with Crippen molar-refractivity contribution in [3.63, 3.8) is 0 Å². The van der Waals surface area contributed by atoms with E-state index in [4.69, 9.17) is 9.84 Å². The maximum atomic E-state index is 11.0. The number of hydrogen-bond acceptors (Lipinski definition) is 5. The minimum absolute atomic E-state index is 0.0182. The van der Waals surface area contributed by atoms with E-state index < -0.39 is 4.92 Å². The van der Waals surface area contributed by atoms with Crippen molar-refractivity contribution >= 4 is 11.4 Å². The third kappa shape index (κ3) is 5.32. The molecule has 0 aliphatic rings. The normalized spacial score (nSPS) is 12.4. The highest BCUT2D eigenvalue weighted by molar-refractivity contribution is 5.62. The topological polar surface area (TPSA) is 84.6 Å². The van der Waals surface area contributed by atoms with E-state index in [0.29, 0.717) is 30.3 Å². The summed E-state index contributed by atoms with van der Waals surface area (Å²) < 4.78 is 5.65. The predicted octanol–water partition coefficient (Wildman–Crippen LogP) is 2.95. The van der Waals surface area contributed by atoms with Gasteiger partial charge in [0, 0.05) is 19.2 Å². The Kier molecular flexibility index (Phi) is 7.11. The molecule has 0 amide bonds. The minimum Gasteiger partial charge on any atom is -0.392 e. The smallest absolute Gasteiger partial charge is 0.292 e. The molecule has 0 bridgehead atoms. The zero-order chi connectivity index (χ0) is 15.8. The Bertz CT molecular complexity index is 463. The van der Waals surface area contributed by atoms with Gasteiger partial charge in [-0.15, -0.1) is 0 Å². The lowest BCUT2D eigenvalue weighted by atomic mass is 10.0. The van der Waals surface area contributed by atoms with Crippen LogP contribution < -0.4 is 5.32 Å². The van der Waals surface area contributed by atoms with Crippen LogP contribution in [-0.2, 0) is 11.3 Å². The zero-order valence-electron chi connectivity index (χ0n) is 12.8. The number of nitrogens with one attached hydrogen (secondary N) is 1. The number of aliphatic hydroxyl groups is 1. The van der Waals surface area contributed by atoms with Crippen molar-refractivity contribution in [2.75, 3.05) is 18.5 Å². The lowest BCUT2D eigenvalue weighted by Gasteiger charge is -2.21. The van der Waals surface area contributed by atoms with Crippen LogP contribution in [0.25, 0.3) is 0 Å². The highest BCUT2D eigenvalue weighted by Gasteiger charge is 2.16. The summed E-state index contributed by atoms with van der Waals surface area (Å²) in [5, 5.41) is 23.2. The molecule has 21 heavy (non-hydrogen) atoms. The van der Waals surface area contributed by atoms with Gasteiger partial charge < -0.3 is 15.2 Å².